The second-order valence-corrected chi connectivity index (χ2v) is 4.23. The number of benzene rings is 1. The van der Waals surface area contributed by atoms with Crippen LogP contribution < -0.4 is 0 Å². The summed E-state index contributed by atoms with van der Waals surface area (Å²) in [4.78, 5) is 22.1. The molecular formula is C12H13NO4. The second kappa shape index (κ2) is 4.16. The van der Waals surface area contributed by atoms with Crippen molar-refractivity contribution in [3.63, 3.8) is 0 Å². The van der Waals surface area contributed by atoms with Crippen molar-refractivity contribution in [2.24, 2.45) is 0 Å². The first kappa shape index (κ1) is 11.6. The van der Waals surface area contributed by atoms with Crippen LogP contribution in [0.15, 0.2) is 24.3 Å². The third-order valence-corrected chi connectivity index (χ3v) is 3.39. The van der Waals surface area contributed by atoms with E-state index in [1.165, 1.54) is 19.2 Å². The molecule has 0 unspecified atom stereocenters. The standard InChI is InChI=1S/C12H13NO4/c1-17-11(14)12(6-3-7-12)9-4-2-5-10(8-9)13(15)16/h2,4-5,8H,3,6-7H2,1H3. The Kier molecular flexibility index (Phi) is 2.83. The van der Waals surface area contributed by atoms with Crippen molar-refractivity contribution in [1.29, 1.82) is 0 Å². The van der Waals surface area contributed by atoms with Crippen LogP contribution in [0.1, 0.15) is 24.8 Å². The normalized spacial score (nSPS) is 17.0. The van der Waals surface area contributed by atoms with Crippen molar-refractivity contribution >= 4 is 11.7 Å². The van der Waals surface area contributed by atoms with Crippen LogP contribution in [0.25, 0.3) is 0 Å². The quantitative estimate of drug-likeness (QED) is 0.457. The summed E-state index contributed by atoms with van der Waals surface area (Å²) in [6.07, 6.45) is 2.33. The third kappa shape index (κ3) is 1.77. The summed E-state index contributed by atoms with van der Waals surface area (Å²) < 4.78 is 4.80. The van der Waals surface area contributed by atoms with Crippen molar-refractivity contribution in [2.45, 2.75) is 24.7 Å². The first-order valence-corrected chi connectivity index (χ1v) is 5.43. The van der Waals surface area contributed by atoms with Gasteiger partial charge >= 0.3 is 5.97 Å². The minimum absolute atomic E-state index is 0.0117. The molecule has 0 aromatic heterocycles. The Labute approximate surface area is 98.5 Å². The molecule has 5 nitrogen and oxygen atoms in total. The Bertz CT molecular complexity index is 465. The van der Waals surface area contributed by atoms with Gasteiger partial charge < -0.3 is 4.74 Å². The highest BCUT2D eigenvalue weighted by atomic mass is 16.6. The molecule has 0 spiro atoms. The van der Waals surface area contributed by atoms with Gasteiger partial charge in [-0.25, -0.2) is 0 Å². The lowest BCUT2D eigenvalue weighted by molar-refractivity contribution is -0.385. The van der Waals surface area contributed by atoms with E-state index in [1.54, 1.807) is 12.1 Å². The minimum Gasteiger partial charge on any atom is -0.468 e. The van der Waals surface area contributed by atoms with Gasteiger partial charge in [-0.05, 0) is 18.4 Å². The fourth-order valence-corrected chi connectivity index (χ4v) is 2.25. The molecular weight excluding hydrogens is 222 g/mol. The zero-order chi connectivity index (χ0) is 12.5. The lowest BCUT2D eigenvalue weighted by Crippen LogP contribution is -2.43. The van der Waals surface area contributed by atoms with Gasteiger partial charge in [0.2, 0.25) is 0 Å². The van der Waals surface area contributed by atoms with Gasteiger partial charge in [-0.1, -0.05) is 18.6 Å². The summed E-state index contributed by atoms with van der Waals surface area (Å²) in [6, 6.07) is 6.25. The van der Waals surface area contributed by atoms with Crippen molar-refractivity contribution in [1.82, 2.24) is 0 Å². The number of ether oxygens (including phenoxy) is 1. The summed E-state index contributed by atoms with van der Waals surface area (Å²) in [5, 5.41) is 10.7. The number of hydrogen-bond donors (Lipinski definition) is 0. The first-order valence-electron chi connectivity index (χ1n) is 5.43. The number of nitro benzene ring substituents is 1. The molecule has 0 N–H and O–H groups in total. The van der Waals surface area contributed by atoms with Gasteiger partial charge in [0.1, 0.15) is 0 Å². The van der Waals surface area contributed by atoms with Gasteiger partial charge in [0.25, 0.3) is 5.69 Å². The molecule has 17 heavy (non-hydrogen) atoms. The highest BCUT2D eigenvalue weighted by Gasteiger charge is 2.47. The molecule has 1 aliphatic rings. The number of carbonyl (C=O) groups is 1. The van der Waals surface area contributed by atoms with E-state index in [0.29, 0.717) is 18.4 Å². The smallest absolute Gasteiger partial charge is 0.316 e. The summed E-state index contributed by atoms with van der Waals surface area (Å²) in [5.41, 5.74) is 0.0308. The number of esters is 1. The molecule has 0 saturated heterocycles. The molecule has 0 amide bonds. The zero-order valence-electron chi connectivity index (χ0n) is 9.51. The molecule has 5 heteroatoms. The van der Waals surface area contributed by atoms with Crippen LogP contribution in [-0.2, 0) is 14.9 Å². The molecule has 1 aliphatic carbocycles. The molecule has 90 valence electrons. The number of nitro groups is 1. The topological polar surface area (TPSA) is 69.4 Å². The molecule has 0 radical (unpaired) electrons. The van der Waals surface area contributed by atoms with E-state index >= 15 is 0 Å². The molecule has 0 heterocycles. The Hall–Kier alpha value is -1.91. The van der Waals surface area contributed by atoms with E-state index in [1.807, 2.05) is 0 Å². The maximum Gasteiger partial charge on any atom is 0.316 e. The second-order valence-electron chi connectivity index (χ2n) is 4.23. The summed E-state index contributed by atoms with van der Waals surface area (Å²) in [7, 11) is 1.35. The number of methoxy groups -OCH3 is 1. The first-order chi connectivity index (χ1) is 8.10. The van der Waals surface area contributed by atoms with Gasteiger partial charge in [0, 0.05) is 12.1 Å². The monoisotopic (exact) mass is 235 g/mol. The van der Waals surface area contributed by atoms with E-state index < -0.39 is 10.3 Å². The average molecular weight is 235 g/mol. The summed E-state index contributed by atoms with van der Waals surface area (Å²) in [5.74, 6) is -0.302. The zero-order valence-corrected chi connectivity index (χ0v) is 9.51. The van der Waals surface area contributed by atoms with Crippen molar-refractivity contribution in [2.75, 3.05) is 7.11 Å². The number of hydrogen-bond acceptors (Lipinski definition) is 4. The van der Waals surface area contributed by atoms with Crippen molar-refractivity contribution in [3.05, 3.63) is 39.9 Å². The molecule has 1 saturated carbocycles. The number of carbonyl (C=O) groups excluding carboxylic acids is 1. The lowest BCUT2D eigenvalue weighted by atomic mass is 9.64. The predicted molar refractivity (Wildman–Crippen MR) is 60.6 cm³/mol. The van der Waals surface area contributed by atoms with Crippen molar-refractivity contribution in [3.8, 4) is 0 Å². The van der Waals surface area contributed by atoms with Crippen LogP contribution in [0.2, 0.25) is 0 Å². The van der Waals surface area contributed by atoms with Crippen LogP contribution in [0.4, 0.5) is 5.69 Å². The summed E-state index contributed by atoms with van der Waals surface area (Å²) in [6.45, 7) is 0. The molecule has 0 aliphatic heterocycles. The van der Waals surface area contributed by atoms with E-state index in [4.69, 9.17) is 4.74 Å². The van der Waals surface area contributed by atoms with Gasteiger partial charge in [-0.2, -0.15) is 0 Å². The Balaban J connectivity index is 2.41. The Morgan fingerprint density at radius 3 is 2.65 bits per heavy atom. The minimum atomic E-state index is -0.666. The fraction of sp³-hybridized carbons (Fsp3) is 0.417. The average Bonchev–Trinajstić information content (AvgIpc) is 2.27. The Morgan fingerprint density at radius 1 is 1.47 bits per heavy atom. The Morgan fingerprint density at radius 2 is 2.18 bits per heavy atom. The number of non-ortho nitro benzene ring substituents is 1. The fourth-order valence-electron chi connectivity index (χ4n) is 2.25. The highest BCUT2D eigenvalue weighted by Crippen LogP contribution is 2.45. The van der Waals surface area contributed by atoms with E-state index in [9.17, 15) is 14.9 Å². The van der Waals surface area contributed by atoms with Crippen molar-refractivity contribution < 1.29 is 14.5 Å². The molecule has 2 rings (SSSR count). The van der Waals surface area contributed by atoms with Crippen LogP contribution >= 0.6 is 0 Å². The van der Waals surface area contributed by atoms with Crippen LogP contribution in [0, 0.1) is 10.1 Å². The van der Waals surface area contributed by atoms with Crippen LogP contribution in [-0.4, -0.2) is 18.0 Å². The van der Waals surface area contributed by atoms with E-state index in [-0.39, 0.29) is 11.7 Å². The third-order valence-electron chi connectivity index (χ3n) is 3.39. The van der Waals surface area contributed by atoms with Gasteiger partial charge in [0.05, 0.1) is 17.4 Å². The van der Waals surface area contributed by atoms with Gasteiger partial charge in [-0.15, -0.1) is 0 Å². The van der Waals surface area contributed by atoms with Crippen LogP contribution in [0.5, 0.6) is 0 Å². The molecule has 1 aromatic rings. The molecule has 1 fully saturated rings. The maximum absolute atomic E-state index is 11.8. The SMILES string of the molecule is COC(=O)C1(c2cccc([N+](=O)[O-])c2)CCC1. The van der Waals surface area contributed by atoms with Gasteiger partial charge in [0.15, 0.2) is 0 Å². The highest BCUT2D eigenvalue weighted by molar-refractivity contribution is 5.84. The largest absolute Gasteiger partial charge is 0.468 e. The van der Waals surface area contributed by atoms with Gasteiger partial charge in [-0.3, -0.25) is 14.9 Å². The number of rotatable bonds is 3. The molecule has 1 aromatic carbocycles. The number of nitrogens with zero attached hydrogens (tertiary/aromatic N) is 1. The molecule has 0 bridgehead atoms. The maximum atomic E-state index is 11.8. The summed E-state index contributed by atoms with van der Waals surface area (Å²) >= 11 is 0. The van der Waals surface area contributed by atoms with E-state index in [2.05, 4.69) is 0 Å². The lowest BCUT2D eigenvalue weighted by Gasteiger charge is -2.39. The van der Waals surface area contributed by atoms with Crippen LogP contribution in [0.3, 0.4) is 0 Å². The van der Waals surface area contributed by atoms with E-state index in [0.717, 1.165) is 6.42 Å². The molecule has 0 atom stereocenters. The predicted octanol–water partition coefficient (Wildman–Crippen LogP) is 2.19.